The predicted molar refractivity (Wildman–Crippen MR) is 100 cm³/mol. The molecule has 2 fully saturated rings. The van der Waals surface area contributed by atoms with Gasteiger partial charge >= 0.3 is 6.03 Å². The van der Waals surface area contributed by atoms with E-state index in [1.807, 2.05) is 0 Å². The Morgan fingerprint density at radius 3 is 2.81 bits per heavy atom. The number of carbonyl (C=O) groups is 2. The van der Waals surface area contributed by atoms with Crippen molar-refractivity contribution in [2.24, 2.45) is 5.92 Å². The standard InChI is InChI=1S/C17H24N4O5S/c1-20(2)27(24,25)11-13-9-26-10-15(13)19-16(22)12-4-3-5-14(8-12)21-7-6-18-17(21)23/h3-5,8,13,15H,6-7,9-11H2,1-2H3,(H,18,23)(H,19,22)/t13-,15-/m0/s1. The molecule has 148 valence electrons. The number of hydrogen-bond acceptors (Lipinski definition) is 5. The van der Waals surface area contributed by atoms with Crippen LogP contribution in [0.1, 0.15) is 10.4 Å². The minimum absolute atomic E-state index is 0.0844. The molecule has 3 rings (SSSR count). The molecule has 27 heavy (non-hydrogen) atoms. The van der Waals surface area contributed by atoms with Gasteiger partial charge in [-0.1, -0.05) is 6.07 Å². The Bertz CT molecular complexity index is 826. The first-order chi connectivity index (χ1) is 12.8. The van der Waals surface area contributed by atoms with E-state index < -0.39 is 10.0 Å². The van der Waals surface area contributed by atoms with E-state index in [2.05, 4.69) is 10.6 Å². The number of anilines is 1. The maximum atomic E-state index is 12.6. The first-order valence-corrected chi connectivity index (χ1v) is 10.3. The zero-order valence-electron chi connectivity index (χ0n) is 15.3. The van der Waals surface area contributed by atoms with Gasteiger partial charge in [-0.15, -0.1) is 0 Å². The summed E-state index contributed by atoms with van der Waals surface area (Å²) in [5, 5.41) is 5.59. The summed E-state index contributed by atoms with van der Waals surface area (Å²) in [6, 6.07) is 6.23. The molecule has 0 spiro atoms. The monoisotopic (exact) mass is 396 g/mol. The first kappa shape index (κ1) is 19.6. The van der Waals surface area contributed by atoms with Gasteiger partial charge in [0.25, 0.3) is 5.91 Å². The molecule has 9 nitrogen and oxygen atoms in total. The van der Waals surface area contributed by atoms with E-state index in [0.717, 1.165) is 0 Å². The smallest absolute Gasteiger partial charge is 0.321 e. The largest absolute Gasteiger partial charge is 0.379 e. The third-order valence-electron chi connectivity index (χ3n) is 4.77. The Hall–Kier alpha value is -2.17. The maximum Gasteiger partial charge on any atom is 0.321 e. The number of nitrogens with zero attached hydrogens (tertiary/aromatic N) is 2. The third kappa shape index (κ3) is 4.40. The zero-order chi connectivity index (χ0) is 19.6. The van der Waals surface area contributed by atoms with Gasteiger partial charge in [0.15, 0.2) is 0 Å². The Morgan fingerprint density at radius 2 is 2.15 bits per heavy atom. The van der Waals surface area contributed by atoms with Crippen LogP contribution in [0.4, 0.5) is 10.5 Å². The fourth-order valence-electron chi connectivity index (χ4n) is 3.13. The van der Waals surface area contributed by atoms with Crippen LogP contribution in [-0.2, 0) is 14.8 Å². The van der Waals surface area contributed by atoms with Crippen molar-refractivity contribution in [1.29, 1.82) is 0 Å². The number of sulfonamides is 1. The van der Waals surface area contributed by atoms with Gasteiger partial charge in [0.1, 0.15) is 0 Å². The van der Waals surface area contributed by atoms with Crippen molar-refractivity contribution in [3.63, 3.8) is 0 Å². The molecule has 3 amide bonds. The van der Waals surface area contributed by atoms with Crippen molar-refractivity contribution in [2.75, 3.05) is 51.1 Å². The molecule has 2 saturated heterocycles. The van der Waals surface area contributed by atoms with Gasteiger partial charge in [0.2, 0.25) is 10.0 Å². The van der Waals surface area contributed by atoms with Crippen LogP contribution in [0.3, 0.4) is 0 Å². The summed E-state index contributed by atoms with van der Waals surface area (Å²) in [7, 11) is -0.418. The van der Waals surface area contributed by atoms with Crippen LogP contribution in [-0.4, -0.2) is 76.9 Å². The highest BCUT2D eigenvalue weighted by molar-refractivity contribution is 7.89. The van der Waals surface area contributed by atoms with Crippen LogP contribution >= 0.6 is 0 Å². The molecule has 0 bridgehead atoms. The molecule has 1 aromatic carbocycles. The van der Waals surface area contributed by atoms with Gasteiger partial charge in [-0.05, 0) is 18.2 Å². The van der Waals surface area contributed by atoms with E-state index in [9.17, 15) is 18.0 Å². The van der Waals surface area contributed by atoms with E-state index >= 15 is 0 Å². The summed E-state index contributed by atoms with van der Waals surface area (Å²) in [6.07, 6.45) is 0. The average Bonchev–Trinajstić information content (AvgIpc) is 3.23. The average molecular weight is 396 g/mol. The summed E-state index contributed by atoms with van der Waals surface area (Å²) < 4.78 is 30.8. The quantitative estimate of drug-likeness (QED) is 0.695. The van der Waals surface area contributed by atoms with Crippen molar-refractivity contribution < 1.29 is 22.7 Å². The second-order valence-electron chi connectivity index (χ2n) is 6.87. The minimum Gasteiger partial charge on any atom is -0.379 e. The van der Waals surface area contributed by atoms with Crippen LogP contribution in [0.25, 0.3) is 0 Å². The van der Waals surface area contributed by atoms with Crippen molar-refractivity contribution in [1.82, 2.24) is 14.9 Å². The van der Waals surface area contributed by atoms with E-state index in [1.165, 1.54) is 18.4 Å². The van der Waals surface area contributed by atoms with Crippen LogP contribution in [0, 0.1) is 5.92 Å². The maximum absolute atomic E-state index is 12.6. The fourth-order valence-corrected chi connectivity index (χ4v) is 4.29. The van der Waals surface area contributed by atoms with Crippen molar-refractivity contribution in [2.45, 2.75) is 6.04 Å². The second-order valence-corrected chi connectivity index (χ2v) is 9.10. The van der Waals surface area contributed by atoms with Crippen molar-refractivity contribution in [3.05, 3.63) is 29.8 Å². The molecule has 2 atom stereocenters. The normalized spacial score (nSPS) is 22.9. The van der Waals surface area contributed by atoms with Crippen LogP contribution in [0.15, 0.2) is 24.3 Å². The van der Waals surface area contributed by atoms with Gasteiger partial charge in [0, 0.05) is 44.4 Å². The second kappa shape index (κ2) is 7.83. The zero-order valence-corrected chi connectivity index (χ0v) is 16.2. The highest BCUT2D eigenvalue weighted by atomic mass is 32.2. The Morgan fingerprint density at radius 1 is 1.37 bits per heavy atom. The number of carbonyl (C=O) groups excluding carboxylic acids is 2. The first-order valence-electron chi connectivity index (χ1n) is 8.72. The lowest BCUT2D eigenvalue weighted by Gasteiger charge is -2.21. The van der Waals surface area contributed by atoms with E-state index in [-0.39, 0.29) is 42.9 Å². The molecule has 2 heterocycles. The number of ether oxygens (including phenoxy) is 1. The molecule has 2 aliphatic heterocycles. The SMILES string of the molecule is CN(C)S(=O)(=O)C[C@@H]1COC[C@@H]1NC(=O)c1cccc(N2CCNC2=O)c1. The Labute approximate surface area is 158 Å². The number of hydrogen-bond donors (Lipinski definition) is 2. The molecule has 2 aliphatic rings. The topological polar surface area (TPSA) is 108 Å². The van der Waals surface area contributed by atoms with Crippen molar-refractivity contribution in [3.8, 4) is 0 Å². The highest BCUT2D eigenvalue weighted by Gasteiger charge is 2.34. The Balaban J connectivity index is 1.69. The molecule has 0 saturated carbocycles. The lowest BCUT2D eigenvalue weighted by atomic mass is 10.1. The van der Waals surface area contributed by atoms with Crippen molar-refractivity contribution >= 4 is 27.6 Å². The minimum atomic E-state index is -3.39. The summed E-state index contributed by atoms with van der Waals surface area (Å²) in [5.41, 5.74) is 1.06. The predicted octanol–water partition coefficient (Wildman–Crippen LogP) is -0.148. The lowest BCUT2D eigenvalue weighted by Crippen LogP contribution is -2.43. The summed E-state index contributed by atoms with van der Waals surface area (Å²) in [4.78, 5) is 26.0. The highest BCUT2D eigenvalue weighted by Crippen LogP contribution is 2.20. The lowest BCUT2D eigenvalue weighted by molar-refractivity contribution is 0.0926. The number of nitrogens with one attached hydrogen (secondary N) is 2. The molecular weight excluding hydrogens is 372 g/mol. The fraction of sp³-hybridized carbons (Fsp3) is 0.529. The van der Waals surface area contributed by atoms with Crippen LogP contribution in [0.2, 0.25) is 0 Å². The molecule has 0 radical (unpaired) electrons. The molecule has 1 aromatic rings. The van der Waals surface area contributed by atoms with E-state index in [4.69, 9.17) is 4.74 Å². The van der Waals surface area contributed by atoms with Gasteiger partial charge in [0.05, 0.1) is 25.0 Å². The summed E-state index contributed by atoms with van der Waals surface area (Å²) in [5.74, 6) is -0.716. The molecule has 10 heteroatoms. The number of urea groups is 1. The summed E-state index contributed by atoms with van der Waals surface area (Å²) in [6.45, 7) is 1.67. The Kier molecular flexibility index (Phi) is 5.68. The van der Waals surface area contributed by atoms with E-state index in [1.54, 1.807) is 29.2 Å². The number of rotatable bonds is 6. The van der Waals surface area contributed by atoms with Crippen LogP contribution < -0.4 is 15.5 Å². The molecule has 2 N–H and O–H groups in total. The molecule has 0 aliphatic carbocycles. The number of amides is 3. The van der Waals surface area contributed by atoms with Gasteiger partial charge in [-0.3, -0.25) is 9.69 Å². The molecule has 0 unspecified atom stereocenters. The van der Waals surface area contributed by atoms with Gasteiger partial charge < -0.3 is 15.4 Å². The molecular formula is C17H24N4O5S. The summed E-state index contributed by atoms with van der Waals surface area (Å²) >= 11 is 0. The molecule has 0 aromatic heterocycles. The van der Waals surface area contributed by atoms with E-state index in [0.29, 0.717) is 24.3 Å². The number of benzene rings is 1. The third-order valence-corrected chi connectivity index (χ3v) is 6.73. The van der Waals surface area contributed by atoms with Crippen LogP contribution in [0.5, 0.6) is 0 Å². The van der Waals surface area contributed by atoms with Gasteiger partial charge in [-0.2, -0.15) is 0 Å². The van der Waals surface area contributed by atoms with Gasteiger partial charge in [-0.25, -0.2) is 17.5 Å².